The summed E-state index contributed by atoms with van der Waals surface area (Å²) in [6.07, 6.45) is 0. The molecule has 5 N–H and O–H groups in total. The van der Waals surface area contributed by atoms with E-state index in [9.17, 15) is 9.59 Å². The molecule has 1 fully saturated rings. The van der Waals surface area contributed by atoms with Crippen LogP contribution in [0.1, 0.15) is 0 Å². The summed E-state index contributed by atoms with van der Waals surface area (Å²) in [6, 6.07) is 5.75. The first-order chi connectivity index (χ1) is 9.15. The highest BCUT2D eigenvalue weighted by Crippen LogP contribution is 2.15. The Labute approximate surface area is 110 Å². The summed E-state index contributed by atoms with van der Waals surface area (Å²) in [4.78, 5) is 22.7. The number of primary amides is 1. The first-order valence-electron chi connectivity index (χ1n) is 5.93. The summed E-state index contributed by atoms with van der Waals surface area (Å²) in [6.45, 7) is 1.62. The third-order valence-electron chi connectivity index (χ3n) is 2.64. The van der Waals surface area contributed by atoms with Crippen molar-refractivity contribution in [2.45, 2.75) is 6.04 Å². The largest absolute Gasteiger partial charge is 0.378 e. The highest BCUT2D eigenvalue weighted by molar-refractivity contribution is 5.96. The van der Waals surface area contributed by atoms with Crippen LogP contribution in [-0.2, 0) is 9.53 Å². The lowest BCUT2D eigenvalue weighted by Crippen LogP contribution is -2.48. The summed E-state index contributed by atoms with van der Waals surface area (Å²) < 4.78 is 5.22. The maximum absolute atomic E-state index is 11.9. The van der Waals surface area contributed by atoms with Gasteiger partial charge in [-0.3, -0.25) is 4.79 Å². The highest BCUT2D eigenvalue weighted by atomic mass is 16.5. The third-order valence-corrected chi connectivity index (χ3v) is 2.64. The van der Waals surface area contributed by atoms with Gasteiger partial charge in [0, 0.05) is 17.9 Å². The number of carbonyl (C=O) groups is 2. The van der Waals surface area contributed by atoms with Crippen molar-refractivity contribution >= 4 is 23.3 Å². The molecule has 0 saturated carbocycles. The Hall–Kier alpha value is -2.12. The molecule has 19 heavy (non-hydrogen) atoms. The van der Waals surface area contributed by atoms with Crippen LogP contribution in [0.3, 0.4) is 0 Å². The van der Waals surface area contributed by atoms with E-state index in [0.29, 0.717) is 31.1 Å². The van der Waals surface area contributed by atoms with E-state index in [1.54, 1.807) is 24.3 Å². The van der Waals surface area contributed by atoms with Gasteiger partial charge in [-0.2, -0.15) is 0 Å². The zero-order valence-corrected chi connectivity index (χ0v) is 10.3. The van der Waals surface area contributed by atoms with Gasteiger partial charge in [0.05, 0.1) is 13.2 Å². The summed E-state index contributed by atoms with van der Waals surface area (Å²) in [5.74, 6) is -0.170. The fraction of sp³-hybridized carbons (Fsp3) is 0.333. The Morgan fingerprint density at radius 2 is 2.05 bits per heavy atom. The minimum absolute atomic E-state index is 0.170. The van der Waals surface area contributed by atoms with Gasteiger partial charge in [0.2, 0.25) is 5.91 Å². The number of rotatable bonds is 3. The van der Waals surface area contributed by atoms with Crippen molar-refractivity contribution in [3.63, 3.8) is 0 Å². The van der Waals surface area contributed by atoms with Crippen molar-refractivity contribution in [3.8, 4) is 0 Å². The van der Waals surface area contributed by atoms with Crippen LogP contribution in [0.5, 0.6) is 0 Å². The maximum Gasteiger partial charge on any atom is 0.316 e. The molecule has 0 aliphatic carbocycles. The first kappa shape index (κ1) is 13.3. The summed E-state index contributed by atoms with van der Waals surface area (Å²) in [7, 11) is 0. The lowest BCUT2D eigenvalue weighted by Gasteiger charge is -2.22. The highest BCUT2D eigenvalue weighted by Gasteiger charge is 2.21. The molecular formula is C12H16N4O3. The van der Waals surface area contributed by atoms with Crippen LogP contribution in [0.15, 0.2) is 24.3 Å². The van der Waals surface area contributed by atoms with E-state index >= 15 is 0 Å². The smallest absolute Gasteiger partial charge is 0.316 e. The second-order valence-electron chi connectivity index (χ2n) is 4.14. The van der Waals surface area contributed by atoms with Crippen molar-refractivity contribution < 1.29 is 14.3 Å². The van der Waals surface area contributed by atoms with Crippen molar-refractivity contribution in [2.75, 3.05) is 30.4 Å². The van der Waals surface area contributed by atoms with Crippen LogP contribution in [-0.4, -0.2) is 37.7 Å². The van der Waals surface area contributed by atoms with Gasteiger partial charge < -0.3 is 26.4 Å². The number of nitrogens with two attached hydrogens (primary N) is 1. The molecule has 1 saturated heterocycles. The molecule has 0 radical (unpaired) electrons. The molecule has 7 heteroatoms. The second kappa shape index (κ2) is 6.17. The molecule has 1 aromatic rings. The Balaban J connectivity index is 1.97. The van der Waals surface area contributed by atoms with Gasteiger partial charge >= 0.3 is 6.03 Å². The summed E-state index contributed by atoms with van der Waals surface area (Å²) in [5, 5.41) is 8.26. The molecule has 102 valence electrons. The number of anilines is 2. The minimum Gasteiger partial charge on any atom is -0.378 e. The van der Waals surface area contributed by atoms with Crippen LogP contribution >= 0.6 is 0 Å². The van der Waals surface area contributed by atoms with Crippen LogP contribution < -0.4 is 21.7 Å². The fourth-order valence-electron chi connectivity index (χ4n) is 1.78. The molecule has 1 unspecified atom stereocenters. The molecule has 0 bridgehead atoms. The normalized spacial score (nSPS) is 18.6. The number of nitrogens with one attached hydrogen (secondary N) is 3. The molecule has 1 aliphatic rings. The molecule has 1 aliphatic heterocycles. The van der Waals surface area contributed by atoms with E-state index in [-0.39, 0.29) is 11.9 Å². The van der Waals surface area contributed by atoms with Gasteiger partial charge in [0.1, 0.15) is 6.04 Å². The quantitative estimate of drug-likeness (QED) is 0.621. The topological polar surface area (TPSA) is 105 Å². The van der Waals surface area contributed by atoms with Gasteiger partial charge in [-0.05, 0) is 18.2 Å². The lowest BCUT2D eigenvalue weighted by atomic mass is 10.2. The number of urea groups is 1. The zero-order valence-electron chi connectivity index (χ0n) is 10.3. The molecule has 3 amide bonds. The number of hydrogen-bond acceptors (Lipinski definition) is 4. The molecular weight excluding hydrogens is 248 g/mol. The van der Waals surface area contributed by atoms with E-state index in [1.165, 1.54) is 0 Å². The molecule has 0 aromatic heterocycles. The van der Waals surface area contributed by atoms with E-state index in [2.05, 4.69) is 16.0 Å². The van der Waals surface area contributed by atoms with Crippen LogP contribution in [0.25, 0.3) is 0 Å². The number of amides is 3. The Bertz CT molecular complexity index is 472. The predicted molar refractivity (Wildman–Crippen MR) is 70.9 cm³/mol. The van der Waals surface area contributed by atoms with Gasteiger partial charge in [-0.15, -0.1) is 0 Å². The third kappa shape index (κ3) is 3.94. The van der Waals surface area contributed by atoms with E-state index in [1.807, 2.05) is 0 Å². The van der Waals surface area contributed by atoms with Gasteiger partial charge in [0.25, 0.3) is 0 Å². The van der Waals surface area contributed by atoms with E-state index in [0.717, 1.165) is 0 Å². The minimum atomic E-state index is -0.647. The fourth-order valence-corrected chi connectivity index (χ4v) is 1.78. The number of ether oxygens (including phenoxy) is 1. The molecule has 1 heterocycles. The Morgan fingerprint density at radius 1 is 1.32 bits per heavy atom. The number of carbonyl (C=O) groups excluding carboxylic acids is 2. The SMILES string of the molecule is NC(=O)Nc1cccc(NC(=O)C2COCCN2)c1. The average molecular weight is 264 g/mol. The van der Waals surface area contributed by atoms with Crippen molar-refractivity contribution in [2.24, 2.45) is 5.73 Å². The molecule has 0 spiro atoms. The van der Waals surface area contributed by atoms with Gasteiger partial charge in [-0.25, -0.2) is 4.79 Å². The molecule has 7 nitrogen and oxygen atoms in total. The van der Waals surface area contributed by atoms with E-state index in [4.69, 9.17) is 10.5 Å². The monoisotopic (exact) mass is 264 g/mol. The average Bonchev–Trinajstić information content (AvgIpc) is 2.39. The summed E-state index contributed by atoms with van der Waals surface area (Å²) in [5.41, 5.74) is 6.14. The number of morpholine rings is 1. The zero-order chi connectivity index (χ0) is 13.7. The van der Waals surface area contributed by atoms with Crippen LogP contribution in [0, 0.1) is 0 Å². The van der Waals surface area contributed by atoms with Crippen molar-refractivity contribution in [1.82, 2.24) is 5.32 Å². The Kier molecular flexibility index (Phi) is 4.32. The molecule has 2 rings (SSSR count). The Morgan fingerprint density at radius 3 is 2.68 bits per heavy atom. The maximum atomic E-state index is 11.9. The molecule has 1 atom stereocenters. The van der Waals surface area contributed by atoms with Crippen LogP contribution in [0.4, 0.5) is 16.2 Å². The van der Waals surface area contributed by atoms with Crippen LogP contribution in [0.2, 0.25) is 0 Å². The number of hydrogen-bond donors (Lipinski definition) is 4. The molecule has 1 aromatic carbocycles. The van der Waals surface area contributed by atoms with Crippen molar-refractivity contribution in [3.05, 3.63) is 24.3 Å². The standard InChI is InChI=1S/C12H16N4O3/c13-12(18)16-9-3-1-2-8(6-9)15-11(17)10-7-19-5-4-14-10/h1-3,6,10,14H,4-5,7H2,(H,15,17)(H3,13,16,18). The van der Waals surface area contributed by atoms with Gasteiger partial charge in [-0.1, -0.05) is 6.07 Å². The van der Waals surface area contributed by atoms with Gasteiger partial charge in [0.15, 0.2) is 0 Å². The summed E-state index contributed by atoms with van der Waals surface area (Å²) >= 11 is 0. The first-order valence-corrected chi connectivity index (χ1v) is 5.93. The van der Waals surface area contributed by atoms with Crippen molar-refractivity contribution in [1.29, 1.82) is 0 Å². The van der Waals surface area contributed by atoms with E-state index < -0.39 is 6.03 Å². The second-order valence-corrected chi connectivity index (χ2v) is 4.14. The predicted octanol–water partition coefficient (Wildman–Crippen LogP) is 0.104. The number of benzene rings is 1. The lowest BCUT2D eigenvalue weighted by molar-refractivity contribution is -0.120.